The molecule has 6 nitrogen and oxygen atoms in total. The minimum absolute atomic E-state index is 0.119. The van der Waals surface area contributed by atoms with E-state index >= 15 is 0 Å². The molecule has 0 amide bonds. The van der Waals surface area contributed by atoms with Crippen LogP contribution in [0.25, 0.3) is 0 Å². The molecule has 0 aliphatic rings. The Hall–Kier alpha value is -0.416. The Morgan fingerprint density at radius 1 is 0.839 bits per heavy atom. The van der Waals surface area contributed by atoms with E-state index in [0.717, 1.165) is 0 Å². The van der Waals surface area contributed by atoms with Crippen LogP contribution < -0.4 is 0 Å². The fraction of sp³-hybridized carbons (Fsp3) is 0.909. The van der Waals surface area contributed by atoms with Crippen molar-refractivity contribution < 1.29 is 28.6 Å². The molecule has 0 unspecified atom stereocenters. The molecule has 0 aliphatic heterocycles. The zero-order valence-corrected chi connectivity index (χ0v) is 25.2. The summed E-state index contributed by atoms with van der Waals surface area (Å²) in [5.74, 6) is -0.824. The third-order valence-corrected chi connectivity index (χ3v) is 15.1. The topological polar surface area (TPSA) is 82.1 Å². The summed E-state index contributed by atoms with van der Waals surface area (Å²) >= 11 is 6.15. The molecular weight excluding hydrogens is 452 g/mol. The van der Waals surface area contributed by atoms with Crippen molar-refractivity contribution in [3.05, 3.63) is 0 Å². The van der Waals surface area contributed by atoms with Gasteiger partial charge in [-0.05, 0) is 50.9 Å². The highest BCUT2D eigenvalue weighted by Crippen LogP contribution is 2.38. The van der Waals surface area contributed by atoms with Crippen LogP contribution in [-0.2, 0) is 23.5 Å². The highest BCUT2D eigenvalue weighted by molar-refractivity contribution is 7.20. The van der Waals surface area contributed by atoms with Gasteiger partial charge in [0, 0.05) is 0 Å². The van der Waals surface area contributed by atoms with Gasteiger partial charge in [0.2, 0.25) is 0 Å². The summed E-state index contributed by atoms with van der Waals surface area (Å²) in [6, 6.07) is 0. The molecule has 188 valence electrons. The van der Waals surface area contributed by atoms with Gasteiger partial charge in [-0.15, -0.1) is 0 Å². The Labute approximate surface area is 198 Å². The van der Waals surface area contributed by atoms with Crippen LogP contribution in [-0.4, -0.2) is 58.2 Å². The summed E-state index contributed by atoms with van der Waals surface area (Å²) in [7, 11) is -3.25. The second kappa shape index (κ2) is 14.7. The Morgan fingerprint density at radius 3 is 1.35 bits per heavy atom. The number of aliphatic hydroxyl groups is 1. The molecule has 0 saturated heterocycles. The van der Waals surface area contributed by atoms with Gasteiger partial charge < -0.3 is 19.0 Å². The minimum atomic E-state index is -1.86. The van der Waals surface area contributed by atoms with E-state index in [1.165, 1.54) is 6.92 Å². The lowest BCUT2D eigenvalue weighted by Crippen LogP contribution is -2.45. The first-order chi connectivity index (χ1) is 13.5. The molecule has 0 rings (SSSR count). The van der Waals surface area contributed by atoms with Crippen LogP contribution >= 0.6 is 11.1 Å². The van der Waals surface area contributed by atoms with Crippen LogP contribution in [0.15, 0.2) is 0 Å². The van der Waals surface area contributed by atoms with E-state index in [-0.39, 0.29) is 11.0 Å². The van der Waals surface area contributed by atoms with E-state index < -0.39 is 33.9 Å². The first-order valence-electron chi connectivity index (χ1n) is 10.9. The van der Waals surface area contributed by atoms with Crippen LogP contribution in [0.2, 0.25) is 36.3 Å². The molecular formula is C22H49ClO6Si2. The minimum Gasteiger partial charge on any atom is -0.464 e. The summed E-state index contributed by atoms with van der Waals surface area (Å²) in [5, 5.41) is 8.94. The third-order valence-electron chi connectivity index (χ3n) is 5.31. The van der Waals surface area contributed by atoms with Crippen molar-refractivity contribution >= 4 is 38.7 Å². The van der Waals surface area contributed by atoms with Gasteiger partial charge in [0.1, 0.15) is 12.2 Å². The van der Waals surface area contributed by atoms with Crippen LogP contribution in [0.4, 0.5) is 0 Å². The van der Waals surface area contributed by atoms with Gasteiger partial charge in [0.15, 0.2) is 15.7 Å². The lowest BCUT2D eigenvalue weighted by Gasteiger charge is -2.37. The molecule has 31 heavy (non-hydrogen) atoms. The summed E-state index contributed by atoms with van der Waals surface area (Å²) in [6.45, 7) is 29.0. The van der Waals surface area contributed by atoms with E-state index in [1.807, 2.05) is 0 Å². The maximum absolute atomic E-state index is 11.4. The Morgan fingerprint density at radius 2 is 1.16 bits per heavy atom. The second-order valence-corrected chi connectivity index (χ2v) is 22.5. The van der Waals surface area contributed by atoms with Crippen LogP contribution in [0.3, 0.4) is 0 Å². The molecule has 2 atom stereocenters. The van der Waals surface area contributed by atoms with E-state index in [2.05, 4.69) is 72.5 Å². The van der Waals surface area contributed by atoms with Crippen LogP contribution in [0.5, 0.6) is 0 Å². The molecule has 0 heterocycles. The monoisotopic (exact) mass is 500 g/mol. The van der Waals surface area contributed by atoms with Crippen molar-refractivity contribution in [2.45, 2.75) is 118 Å². The van der Waals surface area contributed by atoms with E-state index in [4.69, 9.17) is 25.3 Å². The van der Waals surface area contributed by atoms with E-state index in [0.29, 0.717) is 18.3 Å². The smallest absolute Gasteiger partial charge is 0.334 e. The number of ether oxygens (including phenoxy) is 2. The molecule has 0 radical (unpaired) electrons. The highest BCUT2D eigenvalue weighted by Gasteiger charge is 2.39. The second-order valence-electron chi connectivity index (χ2n) is 10.4. The molecule has 9 heteroatoms. The van der Waals surface area contributed by atoms with Gasteiger partial charge in [-0.2, -0.15) is 11.1 Å². The van der Waals surface area contributed by atoms with Crippen molar-refractivity contribution in [1.82, 2.24) is 0 Å². The summed E-state index contributed by atoms with van der Waals surface area (Å²) in [4.78, 5) is 21.7. The quantitative estimate of drug-likeness (QED) is 0.268. The number of hydrogen-bond donors (Lipinski definition) is 1. The predicted octanol–water partition coefficient (Wildman–Crippen LogP) is 6.12. The predicted molar refractivity (Wildman–Crippen MR) is 136 cm³/mol. The molecule has 0 aromatic heterocycles. The van der Waals surface area contributed by atoms with Crippen molar-refractivity contribution in [2.24, 2.45) is 0 Å². The summed E-state index contributed by atoms with van der Waals surface area (Å²) in [5.41, 5.74) is 0. The van der Waals surface area contributed by atoms with Gasteiger partial charge in [-0.3, -0.25) is 0 Å². The summed E-state index contributed by atoms with van der Waals surface area (Å²) < 4.78 is 15.2. The molecule has 0 aliphatic carbocycles. The highest BCUT2D eigenvalue weighted by atomic mass is 35.6. The largest absolute Gasteiger partial charge is 0.464 e. The van der Waals surface area contributed by atoms with Crippen molar-refractivity contribution in [3.8, 4) is 0 Å². The van der Waals surface area contributed by atoms with Crippen molar-refractivity contribution in [2.75, 3.05) is 13.2 Å². The number of halogens is 1. The lowest BCUT2D eigenvalue weighted by molar-refractivity contribution is -0.152. The average Bonchev–Trinajstić information content (AvgIpc) is 2.53. The number of carbonyl (C=O) groups excluding carboxylic acids is 2. The number of rotatable bonds is 6. The van der Waals surface area contributed by atoms with Gasteiger partial charge in [0.25, 0.3) is 0 Å². The maximum Gasteiger partial charge on any atom is 0.334 e. The number of esters is 2. The van der Waals surface area contributed by atoms with Gasteiger partial charge >= 0.3 is 11.9 Å². The first-order valence-corrected chi connectivity index (χ1v) is 17.8. The van der Waals surface area contributed by atoms with Crippen LogP contribution in [0.1, 0.15) is 69.2 Å². The van der Waals surface area contributed by atoms with Gasteiger partial charge in [-0.25, -0.2) is 9.59 Å². The van der Waals surface area contributed by atoms with Crippen LogP contribution in [0, 0.1) is 0 Å². The first kappa shape index (κ1) is 35.2. The average molecular weight is 501 g/mol. The van der Waals surface area contributed by atoms with E-state index in [1.54, 1.807) is 20.8 Å². The number of carbonyl (C=O) groups is 2. The normalized spacial score (nSPS) is 14.2. The number of aliphatic hydroxyl groups excluding tert-OH is 1. The Balaban J connectivity index is -0.000000415. The van der Waals surface area contributed by atoms with Gasteiger partial charge in [0.05, 0.1) is 13.2 Å². The van der Waals surface area contributed by atoms with E-state index in [9.17, 15) is 9.59 Å². The van der Waals surface area contributed by atoms with Gasteiger partial charge in [-0.1, -0.05) is 54.6 Å². The molecule has 0 saturated carbocycles. The molecule has 1 N–H and O–H groups in total. The zero-order valence-electron chi connectivity index (χ0n) is 22.4. The number of hydrogen-bond acceptors (Lipinski definition) is 6. The third kappa shape index (κ3) is 16.8. The maximum atomic E-state index is 11.4. The molecule has 0 spiro atoms. The lowest BCUT2D eigenvalue weighted by atomic mass is 10.2. The standard InChI is InChI=1S/C11H24O3Si.C6H15ClSi.C5H10O3/c1-8-13-10(12)9(2)14-15(6,7)11(3,4)5;1-6(2,3)8(4,5)7;1-3-8-5(7)4(2)6/h9H,8H2,1-7H3;1-5H3;4,6H,3H2,1-2H3/t9-;;4-/m0.0/s1. The Bertz CT molecular complexity index is 506. The fourth-order valence-corrected chi connectivity index (χ4v) is 2.52. The molecule has 0 aromatic carbocycles. The van der Waals surface area contributed by atoms with Crippen molar-refractivity contribution in [1.29, 1.82) is 0 Å². The SMILES string of the molecule is CC(C)(C)[Si](C)(C)Cl.CCOC(=O)[C@H](C)O.CCOC(=O)[C@H](C)O[Si](C)(C)C(C)(C)C. The summed E-state index contributed by atoms with van der Waals surface area (Å²) in [6.07, 6.45) is -1.44. The molecule has 0 bridgehead atoms. The molecule has 0 aromatic rings. The fourth-order valence-electron chi connectivity index (χ4n) is 1.19. The zero-order chi connectivity index (χ0) is 25.8. The van der Waals surface area contributed by atoms with Crippen molar-refractivity contribution in [3.63, 3.8) is 0 Å². The molecule has 0 fully saturated rings. The Kier molecular flexibility index (Phi) is 16.7.